The molecule has 3 rings (SSSR count). The number of ether oxygens (including phenoxy) is 2. The summed E-state index contributed by atoms with van der Waals surface area (Å²) >= 11 is 3.45. The number of allylic oxidation sites excluding steroid dienone is 3. The molecule has 0 radical (unpaired) electrons. The normalized spacial score (nSPS) is 20.7. The second-order valence-corrected chi connectivity index (χ2v) is 6.29. The van der Waals surface area contributed by atoms with Crippen LogP contribution in [0.2, 0.25) is 0 Å². The highest BCUT2D eigenvalue weighted by Gasteiger charge is 2.38. The zero-order chi connectivity index (χ0) is 16.6. The van der Waals surface area contributed by atoms with E-state index in [1.807, 2.05) is 12.1 Å². The molecule has 0 spiro atoms. The minimum absolute atomic E-state index is 0.0171. The van der Waals surface area contributed by atoms with Gasteiger partial charge in [-0.3, -0.25) is 4.79 Å². The number of nitrogens with zero attached hydrogens (tertiary/aromatic N) is 1. The SMILES string of the molecule is COc1ccc([C@@H]2C(C#N)=C(N)OC3=C2C(=O)CCC3)cc1Br. The van der Waals surface area contributed by atoms with Crippen LogP contribution in [0.5, 0.6) is 5.75 Å². The van der Waals surface area contributed by atoms with Gasteiger partial charge >= 0.3 is 0 Å². The van der Waals surface area contributed by atoms with Gasteiger partial charge in [-0.25, -0.2) is 0 Å². The van der Waals surface area contributed by atoms with E-state index in [-0.39, 0.29) is 17.2 Å². The van der Waals surface area contributed by atoms with Crippen LogP contribution >= 0.6 is 15.9 Å². The minimum Gasteiger partial charge on any atom is -0.496 e. The quantitative estimate of drug-likeness (QED) is 0.858. The average molecular weight is 375 g/mol. The van der Waals surface area contributed by atoms with Gasteiger partial charge in [0.2, 0.25) is 5.88 Å². The van der Waals surface area contributed by atoms with E-state index in [9.17, 15) is 10.1 Å². The maximum absolute atomic E-state index is 12.4. The summed E-state index contributed by atoms with van der Waals surface area (Å²) in [4.78, 5) is 12.4. The number of nitriles is 1. The summed E-state index contributed by atoms with van der Waals surface area (Å²) in [5.74, 6) is 0.884. The lowest BCUT2D eigenvalue weighted by atomic mass is 9.77. The molecule has 6 heteroatoms. The Kier molecular flexibility index (Phi) is 4.14. The first-order chi connectivity index (χ1) is 11.1. The Hall–Kier alpha value is -2.26. The van der Waals surface area contributed by atoms with Crippen molar-refractivity contribution in [3.63, 3.8) is 0 Å². The fourth-order valence-electron chi connectivity index (χ4n) is 3.05. The molecule has 1 aromatic rings. The van der Waals surface area contributed by atoms with E-state index >= 15 is 0 Å². The Morgan fingerprint density at radius 3 is 2.87 bits per heavy atom. The van der Waals surface area contributed by atoms with Crippen molar-refractivity contribution in [1.82, 2.24) is 0 Å². The number of carbonyl (C=O) groups excluding carboxylic acids is 1. The van der Waals surface area contributed by atoms with Gasteiger partial charge in [-0.15, -0.1) is 0 Å². The Morgan fingerprint density at radius 2 is 2.22 bits per heavy atom. The lowest BCUT2D eigenvalue weighted by molar-refractivity contribution is -0.116. The third kappa shape index (κ3) is 2.62. The summed E-state index contributed by atoms with van der Waals surface area (Å²) in [5, 5.41) is 9.50. The smallest absolute Gasteiger partial charge is 0.205 e. The van der Waals surface area contributed by atoms with Crippen LogP contribution in [0.25, 0.3) is 0 Å². The first-order valence-electron chi connectivity index (χ1n) is 7.24. The van der Waals surface area contributed by atoms with Gasteiger partial charge < -0.3 is 15.2 Å². The predicted molar refractivity (Wildman–Crippen MR) is 87.2 cm³/mol. The molecule has 1 aromatic carbocycles. The number of rotatable bonds is 2. The number of nitrogens with two attached hydrogens (primary N) is 1. The Balaban J connectivity index is 2.17. The average Bonchev–Trinajstić information content (AvgIpc) is 2.53. The van der Waals surface area contributed by atoms with Gasteiger partial charge in [-0.1, -0.05) is 6.07 Å². The second-order valence-electron chi connectivity index (χ2n) is 5.43. The number of Topliss-reactive ketones (excluding diaryl/α,β-unsaturated/α-hetero) is 1. The molecule has 0 unspecified atom stereocenters. The van der Waals surface area contributed by atoms with Crippen LogP contribution in [-0.4, -0.2) is 12.9 Å². The number of methoxy groups -OCH3 is 1. The fourth-order valence-corrected chi connectivity index (χ4v) is 3.61. The molecule has 0 saturated carbocycles. The lowest BCUT2D eigenvalue weighted by Crippen LogP contribution is -2.27. The highest BCUT2D eigenvalue weighted by molar-refractivity contribution is 9.10. The molecule has 0 fully saturated rings. The van der Waals surface area contributed by atoms with Gasteiger partial charge in [0, 0.05) is 18.4 Å². The molecule has 0 saturated heterocycles. The maximum atomic E-state index is 12.4. The Morgan fingerprint density at radius 1 is 1.43 bits per heavy atom. The highest BCUT2D eigenvalue weighted by Crippen LogP contribution is 2.44. The Labute approximate surface area is 142 Å². The van der Waals surface area contributed by atoms with E-state index in [1.54, 1.807) is 13.2 Å². The highest BCUT2D eigenvalue weighted by atomic mass is 79.9. The standard InChI is InChI=1S/C17H15BrN2O3/c1-22-13-6-5-9(7-11(13)18)15-10(8-19)17(20)23-14-4-2-3-12(21)16(14)15/h5-7,15H,2-4,20H2,1H3/t15-/m1/s1. The maximum Gasteiger partial charge on any atom is 0.205 e. The van der Waals surface area contributed by atoms with Crippen LogP contribution < -0.4 is 10.5 Å². The summed E-state index contributed by atoms with van der Waals surface area (Å²) < 4.78 is 11.5. The zero-order valence-electron chi connectivity index (χ0n) is 12.6. The number of benzene rings is 1. The van der Waals surface area contributed by atoms with E-state index in [2.05, 4.69) is 22.0 Å². The first kappa shape index (κ1) is 15.6. The van der Waals surface area contributed by atoms with E-state index in [4.69, 9.17) is 15.2 Å². The van der Waals surface area contributed by atoms with Crippen LogP contribution in [-0.2, 0) is 9.53 Å². The van der Waals surface area contributed by atoms with Crippen LogP contribution in [0.4, 0.5) is 0 Å². The molecule has 2 N–H and O–H groups in total. The zero-order valence-corrected chi connectivity index (χ0v) is 14.1. The topological polar surface area (TPSA) is 85.3 Å². The number of ketones is 1. The van der Waals surface area contributed by atoms with Crippen LogP contribution in [0.1, 0.15) is 30.7 Å². The van der Waals surface area contributed by atoms with Crippen molar-refractivity contribution in [3.05, 3.63) is 51.0 Å². The molecule has 1 atom stereocenters. The molecule has 1 aliphatic carbocycles. The summed E-state index contributed by atoms with van der Waals surface area (Å²) in [7, 11) is 1.58. The number of hydrogen-bond acceptors (Lipinski definition) is 5. The van der Waals surface area contributed by atoms with Gasteiger partial charge in [0.15, 0.2) is 5.78 Å². The van der Waals surface area contributed by atoms with Gasteiger partial charge in [-0.05, 0) is 40.0 Å². The monoisotopic (exact) mass is 374 g/mol. The largest absolute Gasteiger partial charge is 0.496 e. The molecule has 118 valence electrons. The summed E-state index contributed by atoms with van der Waals surface area (Å²) in [6, 6.07) is 7.60. The second kappa shape index (κ2) is 6.09. The third-order valence-corrected chi connectivity index (χ3v) is 4.73. The summed E-state index contributed by atoms with van der Waals surface area (Å²) in [6.45, 7) is 0. The van der Waals surface area contributed by atoms with Gasteiger partial charge in [0.05, 0.1) is 17.5 Å². The van der Waals surface area contributed by atoms with E-state index in [0.29, 0.717) is 29.9 Å². The molecule has 0 aromatic heterocycles. The van der Waals surface area contributed by atoms with Gasteiger partial charge in [0.25, 0.3) is 0 Å². The van der Waals surface area contributed by atoms with Crippen LogP contribution in [0.3, 0.4) is 0 Å². The molecule has 23 heavy (non-hydrogen) atoms. The lowest BCUT2D eigenvalue weighted by Gasteiger charge is -2.31. The van der Waals surface area contributed by atoms with E-state index in [1.165, 1.54) is 0 Å². The molecule has 0 amide bonds. The third-order valence-electron chi connectivity index (χ3n) is 4.11. The van der Waals surface area contributed by atoms with Gasteiger partial charge in [-0.2, -0.15) is 5.26 Å². The number of hydrogen-bond donors (Lipinski definition) is 1. The van der Waals surface area contributed by atoms with Gasteiger partial charge in [0.1, 0.15) is 23.2 Å². The predicted octanol–water partition coefficient (Wildman–Crippen LogP) is 3.27. The van der Waals surface area contributed by atoms with Crippen LogP contribution in [0, 0.1) is 11.3 Å². The number of carbonyl (C=O) groups is 1. The summed E-state index contributed by atoms with van der Waals surface area (Å²) in [6.07, 6.45) is 1.87. The van der Waals surface area contributed by atoms with Crippen molar-refractivity contribution in [2.75, 3.05) is 7.11 Å². The van der Waals surface area contributed by atoms with Crippen LogP contribution in [0.15, 0.2) is 45.5 Å². The Bertz CT molecular complexity index is 790. The number of halogens is 1. The minimum atomic E-state index is -0.487. The van der Waals surface area contributed by atoms with Crippen molar-refractivity contribution >= 4 is 21.7 Å². The van der Waals surface area contributed by atoms with Crippen molar-refractivity contribution in [2.45, 2.75) is 25.2 Å². The van der Waals surface area contributed by atoms with Crippen molar-refractivity contribution in [3.8, 4) is 11.8 Å². The molecular weight excluding hydrogens is 360 g/mol. The van der Waals surface area contributed by atoms with E-state index in [0.717, 1.165) is 16.5 Å². The van der Waals surface area contributed by atoms with Crippen molar-refractivity contribution in [2.24, 2.45) is 5.73 Å². The molecule has 1 heterocycles. The van der Waals surface area contributed by atoms with Crippen molar-refractivity contribution in [1.29, 1.82) is 5.26 Å². The van der Waals surface area contributed by atoms with E-state index < -0.39 is 5.92 Å². The first-order valence-corrected chi connectivity index (χ1v) is 8.03. The summed E-state index contributed by atoms with van der Waals surface area (Å²) in [5.41, 5.74) is 7.55. The van der Waals surface area contributed by atoms with Crippen molar-refractivity contribution < 1.29 is 14.3 Å². The fraction of sp³-hybridized carbons (Fsp3) is 0.294. The molecular formula is C17H15BrN2O3. The molecule has 2 aliphatic rings. The molecule has 5 nitrogen and oxygen atoms in total. The molecule has 0 bridgehead atoms. The molecule has 1 aliphatic heterocycles.